The number of hydrogen-bond acceptors (Lipinski definition) is 6. The van der Waals surface area contributed by atoms with Gasteiger partial charge in [0, 0.05) is 18.7 Å². The molecular weight excluding hydrogens is 393 g/mol. The van der Waals surface area contributed by atoms with E-state index in [-0.39, 0.29) is 25.5 Å². The molecule has 0 saturated carbocycles. The Bertz CT molecular complexity index is 1150. The van der Waals surface area contributed by atoms with Crippen molar-refractivity contribution >= 4 is 23.3 Å². The summed E-state index contributed by atoms with van der Waals surface area (Å²) >= 11 is 0. The second-order valence-electron chi connectivity index (χ2n) is 6.90. The first-order valence-corrected chi connectivity index (χ1v) is 9.24. The van der Waals surface area contributed by atoms with Gasteiger partial charge in [-0.15, -0.1) is 0 Å². The lowest BCUT2D eigenvalue weighted by atomic mass is 10.1. The Morgan fingerprint density at radius 1 is 1.37 bits per heavy atom. The molecule has 1 atom stereocenters. The molecule has 0 unspecified atom stereocenters. The van der Waals surface area contributed by atoms with Crippen LogP contribution in [-0.4, -0.2) is 40.6 Å². The molecule has 9 nitrogen and oxygen atoms in total. The molecule has 0 aliphatic carbocycles. The maximum atomic E-state index is 14.9. The fourth-order valence-electron chi connectivity index (χ4n) is 3.39. The zero-order chi connectivity index (χ0) is 21.3. The number of fused-ring (bicyclic) bond motifs is 1. The Morgan fingerprint density at radius 3 is 2.93 bits per heavy atom. The molecule has 10 heteroatoms. The standard InChI is InChI=1S/C20H18FN5O4/c1-12(27)22-10-16-11-26(20(28)30-16)14-2-3-17(18(21)7-14)13-4-5-25-15(9-24-29)8-23-19(25)6-13/h2-8,16H,9-11H2,1H3,(H,22,27)/t16-/m0/s1. The van der Waals surface area contributed by atoms with Gasteiger partial charge < -0.3 is 14.5 Å². The molecule has 0 spiro atoms. The van der Waals surface area contributed by atoms with Crippen LogP contribution in [0.5, 0.6) is 0 Å². The minimum Gasteiger partial charge on any atom is -0.442 e. The maximum Gasteiger partial charge on any atom is 0.414 e. The number of rotatable bonds is 6. The molecule has 30 heavy (non-hydrogen) atoms. The first kappa shape index (κ1) is 19.5. The van der Waals surface area contributed by atoms with E-state index in [9.17, 15) is 18.9 Å². The van der Waals surface area contributed by atoms with Crippen LogP contribution < -0.4 is 10.2 Å². The van der Waals surface area contributed by atoms with Crippen LogP contribution >= 0.6 is 0 Å². The molecule has 1 aliphatic heterocycles. The second-order valence-corrected chi connectivity index (χ2v) is 6.90. The molecular formula is C20H18FN5O4. The number of pyridine rings is 1. The van der Waals surface area contributed by atoms with Gasteiger partial charge in [0.25, 0.3) is 0 Å². The average molecular weight is 411 g/mol. The second kappa shape index (κ2) is 7.90. The minimum absolute atomic E-state index is 0.00155. The molecule has 1 N–H and O–H groups in total. The van der Waals surface area contributed by atoms with Crippen molar-refractivity contribution in [1.82, 2.24) is 14.7 Å². The van der Waals surface area contributed by atoms with Gasteiger partial charge in [-0.2, -0.15) is 4.91 Å². The number of cyclic esters (lactones) is 1. The summed E-state index contributed by atoms with van der Waals surface area (Å²) in [7, 11) is 0. The summed E-state index contributed by atoms with van der Waals surface area (Å²) in [5.74, 6) is -0.722. The molecule has 2 amide bonds. The lowest BCUT2D eigenvalue weighted by molar-refractivity contribution is -0.119. The van der Waals surface area contributed by atoms with Crippen molar-refractivity contribution < 1.29 is 18.7 Å². The van der Waals surface area contributed by atoms with Crippen LogP contribution in [0, 0.1) is 10.7 Å². The number of nitrogens with one attached hydrogen (secondary N) is 1. The van der Waals surface area contributed by atoms with E-state index in [1.54, 1.807) is 41.1 Å². The van der Waals surface area contributed by atoms with Gasteiger partial charge in [-0.1, -0.05) is 5.18 Å². The van der Waals surface area contributed by atoms with Gasteiger partial charge in [0.05, 0.1) is 30.7 Å². The Hall–Kier alpha value is -3.82. The van der Waals surface area contributed by atoms with Gasteiger partial charge in [-0.25, -0.2) is 14.2 Å². The number of ether oxygens (including phenoxy) is 1. The summed E-state index contributed by atoms with van der Waals surface area (Å²) < 4.78 is 21.8. The number of nitrogens with zero attached hydrogens (tertiary/aromatic N) is 4. The number of halogens is 1. The predicted molar refractivity (Wildman–Crippen MR) is 106 cm³/mol. The predicted octanol–water partition coefficient (Wildman–Crippen LogP) is 2.87. The normalized spacial score (nSPS) is 16.0. The SMILES string of the molecule is CC(=O)NC[C@H]1CN(c2ccc(-c3ccn4c(CN=O)cnc4c3)c(F)c2)C(=O)O1. The van der Waals surface area contributed by atoms with Crippen LogP contribution in [0.3, 0.4) is 0 Å². The van der Waals surface area contributed by atoms with Gasteiger partial charge in [0.1, 0.15) is 24.1 Å². The zero-order valence-electron chi connectivity index (χ0n) is 16.0. The highest BCUT2D eigenvalue weighted by molar-refractivity contribution is 5.90. The number of carbonyl (C=O) groups is 2. The van der Waals surface area contributed by atoms with E-state index in [4.69, 9.17) is 4.74 Å². The number of imidazole rings is 1. The summed E-state index contributed by atoms with van der Waals surface area (Å²) in [6.07, 6.45) is 2.17. The fourth-order valence-corrected chi connectivity index (χ4v) is 3.39. The molecule has 1 aliphatic rings. The highest BCUT2D eigenvalue weighted by atomic mass is 19.1. The minimum atomic E-state index is -0.590. The van der Waals surface area contributed by atoms with E-state index in [0.717, 1.165) is 0 Å². The first-order valence-electron chi connectivity index (χ1n) is 9.24. The molecule has 4 rings (SSSR count). The number of carbonyl (C=O) groups excluding carboxylic acids is 2. The van der Waals surface area contributed by atoms with Crippen LogP contribution in [0.2, 0.25) is 0 Å². The first-order chi connectivity index (χ1) is 14.5. The largest absolute Gasteiger partial charge is 0.442 e. The molecule has 2 aromatic heterocycles. The third-order valence-electron chi connectivity index (χ3n) is 4.84. The Balaban J connectivity index is 1.56. The van der Waals surface area contributed by atoms with Crippen LogP contribution in [0.1, 0.15) is 12.6 Å². The van der Waals surface area contributed by atoms with Crippen molar-refractivity contribution in [2.24, 2.45) is 5.18 Å². The van der Waals surface area contributed by atoms with Crippen LogP contribution in [0.4, 0.5) is 14.9 Å². The van der Waals surface area contributed by atoms with E-state index in [1.165, 1.54) is 17.9 Å². The third-order valence-corrected chi connectivity index (χ3v) is 4.84. The summed E-state index contributed by atoms with van der Waals surface area (Å²) in [5, 5.41) is 5.47. The van der Waals surface area contributed by atoms with E-state index >= 15 is 0 Å². The van der Waals surface area contributed by atoms with Crippen molar-refractivity contribution in [3.05, 3.63) is 59.1 Å². The van der Waals surface area contributed by atoms with Gasteiger partial charge in [-0.3, -0.25) is 9.69 Å². The van der Waals surface area contributed by atoms with E-state index in [1.807, 2.05) is 0 Å². The number of nitroso groups, excluding NO2 is 1. The molecule has 1 saturated heterocycles. The zero-order valence-corrected chi connectivity index (χ0v) is 16.0. The number of anilines is 1. The van der Waals surface area contributed by atoms with E-state index < -0.39 is 18.0 Å². The molecule has 3 aromatic rings. The summed E-state index contributed by atoms with van der Waals surface area (Å²) in [5.41, 5.74) is 2.53. The van der Waals surface area contributed by atoms with E-state index in [0.29, 0.717) is 28.2 Å². The molecule has 0 radical (unpaired) electrons. The van der Waals surface area contributed by atoms with Crippen molar-refractivity contribution in [1.29, 1.82) is 0 Å². The Labute approximate surface area is 170 Å². The lowest BCUT2D eigenvalue weighted by Crippen LogP contribution is -2.33. The van der Waals surface area contributed by atoms with Crippen LogP contribution in [0.25, 0.3) is 16.8 Å². The number of amides is 2. The van der Waals surface area contributed by atoms with Gasteiger partial charge >= 0.3 is 6.09 Å². The van der Waals surface area contributed by atoms with Crippen LogP contribution in [-0.2, 0) is 16.1 Å². The number of hydrogen-bond donors (Lipinski definition) is 1. The quantitative estimate of drug-likeness (QED) is 0.628. The highest BCUT2D eigenvalue weighted by Crippen LogP contribution is 2.29. The average Bonchev–Trinajstić information content (AvgIpc) is 3.29. The van der Waals surface area contributed by atoms with Gasteiger partial charge in [0.15, 0.2) is 0 Å². The summed E-state index contributed by atoms with van der Waals surface area (Å²) in [6.45, 7) is 1.79. The molecule has 3 heterocycles. The van der Waals surface area contributed by atoms with Gasteiger partial charge in [-0.05, 0) is 35.9 Å². The van der Waals surface area contributed by atoms with Crippen molar-refractivity contribution in [3.63, 3.8) is 0 Å². The third kappa shape index (κ3) is 3.71. The van der Waals surface area contributed by atoms with E-state index in [2.05, 4.69) is 15.5 Å². The topological polar surface area (TPSA) is 105 Å². The monoisotopic (exact) mass is 411 g/mol. The summed E-state index contributed by atoms with van der Waals surface area (Å²) in [4.78, 5) is 39.2. The van der Waals surface area contributed by atoms with Crippen molar-refractivity contribution in [2.75, 3.05) is 18.0 Å². The fraction of sp³-hybridized carbons (Fsp3) is 0.250. The van der Waals surface area contributed by atoms with Crippen molar-refractivity contribution in [2.45, 2.75) is 19.6 Å². The Kier molecular flexibility index (Phi) is 5.13. The summed E-state index contributed by atoms with van der Waals surface area (Å²) in [6, 6.07) is 7.92. The molecule has 154 valence electrons. The highest BCUT2D eigenvalue weighted by Gasteiger charge is 2.32. The smallest absolute Gasteiger partial charge is 0.414 e. The Morgan fingerprint density at radius 2 is 2.20 bits per heavy atom. The number of aromatic nitrogens is 2. The molecule has 0 bridgehead atoms. The maximum absolute atomic E-state index is 14.9. The molecule has 1 aromatic carbocycles. The lowest BCUT2D eigenvalue weighted by Gasteiger charge is -2.14. The van der Waals surface area contributed by atoms with Crippen LogP contribution in [0.15, 0.2) is 47.9 Å². The van der Waals surface area contributed by atoms with Crippen molar-refractivity contribution in [3.8, 4) is 11.1 Å². The van der Waals surface area contributed by atoms with Gasteiger partial charge in [0.2, 0.25) is 5.91 Å². The number of benzene rings is 1. The molecule has 1 fully saturated rings.